The maximum Gasteiger partial charge on any atom is 0.183 e. The second-order valence-electron chi connectivity index (χ2n) is 4.59. The SMILES string of the molecule is O=C=C(C1COc2ccccc2O1)N1CCNCC1. The summed E-state index contributed by atoms with van der Waals surface area (Å²) in [6.45, 7) is 3.69. The van der Waals surface area contributed by atoms with Crippen molar-refractivity contribution < 1.29 is 14.3 Å². The summed E-state index contributed by atoms with van der Waals surface area (Å²) in [5.41, 5.74) is 0.552. The van der Waals surface area contributed by atoms with E-state index in [1.165, 1.54) is 0 Å². The Morgan fingerprint density at radius 1 is 1.26 bits per heavy atom. The Labute approximate surface area is 111 Å². The Morgan fingerprint density at radius 3 is 2.74 bits per heavy atom. The monoisotopic (exact) mass is 260 g/mol. The predicted octanol–water partition coefficient (Wildman–Crippen LogP) is 0.447. The van der Waals surface area contributed by atoms with Crippen LogP contribution >= 0.6 is 0 Å². The average molecular weight is 260 g/mol. The predicted molar refractivity (Wildman–Crippen MR) is 70.0 cm³/mol. The molecule has 19 heavy (non-hydrogen) atoms. The largest absolute Gasteiger partial charge is 0.485 e. The first-order valence-corrected chi connectivity index (χ1v) is 6.47. The minimum atomic E-state index is -0.370. The molecule has 0 aliphatic carbocycles. The van der Waals surface area contributed by atoms with Gasteiger partial charge in [-0.2, -0.15) is 0 Å². The summed E-state index contributed by atoms with van der Waals surface area (Å²) in [5.74, 6) is 3.44. The van der Waals surface area contributed by atoms with E-state index >= 15 is 0 Å². The van der Waals surface area contributed by atoms with E-state index in [2.05, 4.69) is 5.32 Å². The molecule has 0 aromatic heterocycles. The molecular weight excluding hydrogens is 244 g/mol. The number of ether oxygens (including phenoxy) is 2. The number of benzene rings is 1. The third-order valence-electron chi connectivity index (χ3n) is 3.38. The third kappa shape index (κ3) is 2.43. The molecule has 0 radical (unpaired) electrons. The maximum absolute atomic E-state index is 11.3. The van der Waals surface area contributed by atoms with Crippen LogP contribution in [0.1, 0.15) is 0 Å². The standard InChI is InChI=1S/C14H16N2O3/c17-9-11(16-7-5-15-6-8-16)14-10-18-12-3-1-2-4-13(12)19-14/h1-4,14-15H,5-8,10H2. The first-order valence-electron chi connectivity index (χ1n) is 6.47. The van der Waals surface area contributed by atoms with Crippen molar-refractivity contribution in [3.63, 3.8) is 0 Å². The molecule has 1 N–H and O–H groups in total. The Balaban J connectivity index is 1.77. The van der Waals surface area contributed by atoms with Crippen molar-refractivity contribution >= 4 is 5.94 Å². The number of carbonyl (C=O) groups excluding carboxylic acids is 1. The van der Waals surface area contributed by atoms with Gasteiger partial charge in [0.25, 0.3) is 0 Å². The first kappa shape index (κ1) is 12.1. The number of piperazine rings is 1. The summed E-state index contributed by atoms with van der Waals surface area (Å²) in [4.78, 5) is 13.3. The van der Waals surface area contributed by atoms with E-state index < -0.39 is 0 Å². The van der Waals surface area contributed by atoms with Gasteiger partial charge in [-0.05, 0) is 12.1 Å². The summed E-state index contributed by atoms with van der Waals surface area (Å²) in [5, 5.41) is 3.26. The van der Waals surface area contributed by atoms with E-state index in [0.29, 0.717) is 18.1 Å². The number of hydrogen-bond donors (Lipinski definition) is 1. The van der Waals surface area contributed by atoms with Gasteiger partial charge < -0.3 is 19.7 Å². The second-order valence-corrected chi connectivity index (χ2v) is 4.59. The highest BCUT2D eigenvalue weighted by Crippen LogP contribution is 2.32. The molecule has 0 spiro atoms. The van der Waals surface area contributed by atoms with E-state index in [-0.39, 0.29) is 6.10 Å². The van der Waals surface area contributed by atoms with Crippen LogP contribution in [0.2, 0.25) is 0 Å². The van der Waals surface area contributed by atoms with Gasteiger partial charge in [0.2, 0.25) is 0 Å². The lowest BCUT2D eigenvalue weighted by Gasteiger charge is -2.35. The van der Waals surface area contributed by atoms with Gasteiger partial charge in [-0.3, -0.25) is 0 Å². The Morgan fingerprint density at radius 2 is 2.00 bits per heavy atom. The van der Waals surface area contributed by atoms with Gasteiger partial charge in [-0.25, -0.2) is 4.79 Å². The van der Waals surface area contributed by atoms with Crippen molar-refractivity contribution in [1.82, 2.24) is 10.2 Å². The molecule has 1 atom stereocenters. The van der Waals surface area contributed by atoms with Gasteiger partial charge in [-0.1, -0.05) is 12.1 Å². The normalized spacial score (nSPS) is 21.7. The molecule has 1 fully saturated rings. The number of nitrogens with one attached hydrogen (secondary N) is 1. The van der Waals surface area contributed by atoms with Crippen molar-refractivity contribution in [2.45, 2.75) is 6.10 Å². The summed E-state index contributed by atoms with van der Waals surface area (Å²) in [6, 6.07) is 7.50. The smallest absolute Gasteiger partial charge is 0.183 e. The number of nitrogens with zero attached hydrogens (tertiary/aromatic N) is 1. The van der Waals surface area contributed by atoms with Gasteiger partial charge in [0, 0.05) is 26.2 Å². The fourth-order valence-electron chi connectivity index (χ4n) is 2.39. The zero-order valence-corrected chi connectivity index (χ0v) is 10.6. The van der Waals surface area contributed by atoms with E-state index in [4.69, 9.17) is 9.47 Å². The molecule has 1 saturated heterocycles. The zero-order chi connectivity index (χ0) is 13.1. The topological polar surface area (TPSA) is 50.8 Å². The summed E-state index contributed by atoms with van der Waals surface area (Å²) in [6.07, 6.45) is -0.370. The van der Waals surface area contributed by atoms with Crippen molar-refractivity contribution in [2.24, 2.45) is 0 Å². The van der Waals surface area contributed by atoms with Crippen LogP contribution in [0.4, 0.5) is 0 Å². The molecule has 5 nitrogen and oxygen atoms in total. The number of rotatable bonds is 2. The van der Waals surface area contributed by atoms with E-state index in [0.717, 1.165) is 31.9 Å². The molecule has 1 aromatic rings. The van der Waals surface area contributed by atoms with Crippen LogP contribution in [0.25, 0.3) is 0 Å². The lowest BCUT2D eigenvalue weighted by atomic mass is 10.2. The van der Waals surface area contributed by atoms with Crippen molar-refractivity contribution in [2.75, 3.05) is 32.8 Å². The maximum atomic E-state index is 11.3. The van der Waals surface area contributed by atoms with Crippen LogP contribution in [0.15, 0.2) is 30.0 Å². The van der Waals surface area contributed by atoms with Crippen molar-refractivity contribution in [3.05, 3.63) is 30.0 Å². The Hall–Kier alpha value is -1.97. The van der Waals surface area contributed by atoms with E-state index in [9.17, 15) is 4.79 Å². The number of para-hydroxylation sites is 2. The van der Waals surface area contributed by atoms with Gasteiger partial charge in [0.15, 0.2) is 17.6 Å². The second kappa shape index (κ2) is 5.34. The molecule has 0 bridgehead atoms. The zero-order valence-electron chi connectivity index (χ0n) is 10.6. The fraction of sp³-hybridized carbons (Fsp3) is 0.429. The third-order valence-corrected chi connectivity index (χ3v) is 3.38. The number of hydrogen-bond acceptors (Lipinski definition) is 5. The molecule has 5 heteroatoms. The van der Waals surface area contributed by atoms with Crippen LogP contribution in [0, 0.1) is 0 Å². The van der Waals surface area contributed by atoms with Gasteiger partial charge in [0.1, 0.15) is 18.2 Å². The molecule has 2 aliphatic rings. The fourth-order valence-corrected chi connectivity index (χ4v) is 2.39. The van der Waals surface area contributed by atoms with Gasteiger partial charge >= 0.3 is 0 Å². The highest BCUT2D eigenvalue weighted by molar-refractivity contribution is 5.54. The molecule has 1 unspecified atom stereocenters. The van der Waals surface area contributed by atoms with Crippen LogP contribution < -0.4 is 14.8 Å². The molecular formula is C14H16N2O3. The summed E-state index contributed by atoms with van der Waals surface area (Å²) in [7, 11) is 0. The Bertz CT molecular complexity index is 505. The van der Waals surface area contributed by atoms with E-state index in [1.54, 1.807) is 0 Å². The van der Waals surface area contributed by atoms with Crippen LogP contribution in [-0.4, -0.2) is 49.7 Å². The molecule has 2 heterocycles. The van der Waals surface area contributed by atoms with E-state index in [1.807, 2.05) is 35.1 Å². The van der Waals surface area contributed by atoms with Crippen LogP contribution in [0.3, 0.4) is 0 Å². The van der Waals surface area contributed by atoms with Crippen molar-refractivity contribution in [1.29, 1.82) is 0 Å². The molecule has 100 valence electrons. The lowest BCUT2D eigenvalue weighted by Crippen LogP contribution is -2.47. The van der Waals surface area contributed by atoms with Crippen LogP contribution in [-0.2, 0) is 4.79 Å². The van der Waals surface area contributed by atoms with Gasteiger partial charge in [0.05, 0.1) is 0 Å². The summed E-state index contributed by atoms with van der Waals surface area (Å²) >= 11 is 0. The molecule has 0 amide bonds. The van der Waals surface area contributed by atoms with Gasteiger partial charge in [-0.15, -0.1) is 0 Å². The minimum absolute atomic E-state index is 0.353. The molecule has 3 rings (SSSR count). The minimum Gasteiger partial charge on any atom is -0.485 e. The first-order chi connectivity index (χ1) is 9.38. The molecule has 2 aliphatic heterocycles. The Kier molecular flexibility index (Phi) is 3.40. The number of fused-ring (bicyclic) bond motifs is 1. The molecule has 0 saturated carbocycles. The quantitative estimate of drug-likeness (QED) is 0.782. The summed E-state index contributed by atoms with van der Waals surface area (Å²) < 4.78 is 11.5. The average Bonchev–Trinajstić information content (AvgIpc) is 2.49. The highest BCUT2D eigenvalue weighted by atomic mass is 16.6. The molecule has 1 aromatic carbocycles. The van der Waals surface area contributed by atoms with Crippen molar-refractivity contribution in [3.8, 4) is 11.5 Å². The van der Waals surface area contributed by atoms with Crippen LogP contribution in [0.5, 0.6) is 11.5 Å². The highest BCUT2D eigenvalue weighted by Gasteiger charge is 2.29. The lowest BCUT2D eigenvalue weighted by molar-refractivity contribution is 0.0899.